The van der Waals surface area contributed by atoms with Crippen LogP contribution in [0.4, 0.5) is 5.69 Å². The van der Waals surface area contributed by atoms with Gasteiger partial charge >= 0.3 is 0 Å². The lowest BCUT2D eigenvalue weighted by Crippen LogP contribution is -2.21. The second kappa shape index (κ2) is 12.8. The Bertz CT molecular complexity index is 574. The van der Waals surface area contributed by atoms with E-state index in [0.29, 0.717) is 5.69 Å². The lowest BCUT2D eigenvalue weighted by Gasteiger charge is -2.07. The number of hydrogen-bond donors (Lipinski definition) is 3. The van der Waals surface area contributed by atoms with Crippen molar-refractivity contribution in [3.05, 3.63) is 24.3 Å². The van der Waals surface area contributed by atoms with Gasteiger partial charge < -0.3 is 10.5 Å². The lowest BCUT2D eigenvalue weighted by molar-refractivity contribution is 0.304. The molecule has 0 aliphatic heterocycles. The van der Waals surface area contributed by atoms with Crippen LogP contribution in [0.5, 0.6) is 5.75 Å². The van der Waals surface area contributed by atoms with Crippen LogP contribution < -0.4 is 15.9 Å². The summed E-state index contributed by atoms with van der Waals surface area (Å²) in [4.78, 5) is 0. The molecular weight excluding hydrogens is 314 g/mol. The van der Waals surface area contributed by atoms with Crippen molar-refractivity contribution in [1.82, 2.24) is 0 Å². The zero-order chi connectivity index (χ0) is 18.3. The normalized spacial score (nSPS) is 11.0. The van der Waals surface area contributed by atoms with Crippen molar-refractivity contribution in [3.8, 4) is 11.8 Å². The molecule has 0 amide bonds. The van der Waals surface area contributed by atoms with Gasteiger partial charge in [-0.3, -0.25) is 10.8 Å². The van der Waals surface area contributed by atoms with E-state index in [1.807, 2.05) is 24.3 Å². The van der Waals surface area contributed by atoms with Gasteiger partial charge in [0, 0.05) is 0 Å². The predicted octanol–water partition coefficient (Wildman–Crippen LogP) is 4.43. The molecule has 1 aromatic rings. The maximum absolute atomic E-state index is 8.77. The maximum Gasteiger partial charge on any atom is 0.201 e. The van der Waals surface area contributed by atoms with Gasteiger partial charge in [0.1, 0.15) is 11.8 Å². The second-order valence-electron chi connectivity index (χ2n) is 5.95. The smallest absolute Gasteiger partial charge is 0.201 e. The first-order valence-electron chi connectivity index (χ1n) is 8.98. The minimum absolute atomic E-state index is 0.143. The highest BCUT2D eigenvalue weighted by Gasteiger charge is 2.01. The second-order valence-corrected chi connectivity index (χ2v) is 5.95. The third-order valence-corrected chi connectivity index (χ3v) is 3.78. The van der Waals surface area contributed by atoms with E-state index in [2.05, 4.69) is 17.5 Å². The van der Waals surface area contributed by atoms with Crippen molar-refractivity contribution in [1.29, 1.82) is 10.7 Å². The van der Waals surface area contributed by atoms with Gasteiger partial charge in [-0.15, -0.1) is 0 Å². The van der Waals surface area contributed by atoms with Crippen LogP contribution in [-0.4, -0.2) is 18.2 Å². The molecule has 25 heavy (non-hydrogen) atoms. The zero-order valence-electron chi connectivity index (χ0n) is 15.1. The van der Waals surface area contributed by atoms with Gasteiger partial charge in [0.2, 0.25) is 5.71 Å². The van der Waals surface area contributed by atoms with E-state index in [1.54, 1.807) is 6.07 Å². The molecule has 0 aromatic heterocycles. The molecule has 136 valence electrons. The van der Waals surface area contributed by atoms with Crippen molar-refractivity contribution in [3.63, 3.8) is 0 Å². The molecule has 0 bridgehead atoms. The topological polar surface area (TPSA) is 107 Å². The standard InChI is InChI=1S/C19H29N5O/c1-2-3-4-5-6-7-8-9-14-25-17-12-10-16(11-13-17)23-24-18(15-20)19(21)22/h10-13,23H,2-9,14H2,1H3,(H3,21,22)/b24-18+. The first-order chi connectivity index (χ1) is 12.2. The fraction of sp³-hybridized carbons (Fsp3) is 0.526. The summed E-state index contributed by atoms with van der Waals surface area (Å²) in [6, 6.07) is 9.07. The molecule has 0 fully saturated rings. The molecule has 4 N–H and O–H groups in total. The Kier molecular flexibility index (Phi) is 10.5. The molecule has 0 heterocycles. The Morgan fingerprint density at radius 1 is 1.12 bits per heavy atom. The molecule has 6 heteroatoms. The number of benzene rings is 1. The molecule has 1 rings (SSSR count). The largest absolute Gasteiger partial charge is 0.494 e. The molecule has 0 unspecified atom stereocenters. The number of nitrogens with one attached hydrogen (secondary N) is 2. The highest BCUT2D eigenvalue weighted by molar-refractivity contribution is 6.45. The van der Waals surface area contributed by atoms with Crippen LogP contribution in [0.15, 0.2) is 29.4 Å². The van der Waals surface area contributed by atoms with Crippen LogP contribution in [-0.2, 0) is 0 Å². The number of anilines is 1. The van der Waals surface area contributed by atoms with Crippen LogP contribution in [0.2, 0.25) is 0 Å². The molecule has 0 atom stereocenters. The predicted molar refractivity (Wildman–Crippen MR) is 103 cm³/mol. The Hall–Kier alpha value is -2.55. The molecule has 0 saturated heterocycles. The van der Waals surface area contributed by atoms with E-state index >= 15 is 0 Å². The fourth-order valence-corrected chi connectivity index (χ4v) is 2.32. The van der Waals surface area contributed by atoms with Crippen molar-refractivity contribution >= 4 is 17.2 Å². The van der Waals surface area contributed by atoms with E-state index in [0.717, 1.165) is 18.8 Å². The number of nitrogens with zero attached hydrogens (tertiary/aromatic N) is 2. The summed E-state index contributed by atoms with van der Waals surface area (Å²) in [5.74, 6) is 0.449. The number of hydrazone groups is 1. The minimum Gasteiger partial charge on any atom is -0.494 e. The van der Waals surface area contributed by atoms with Gasteiger partial charge in [0.05, 0.1) is 12.3 Å². The van der Waals surface area contributed by atoms with Gasteiger partial charge in [0.25, 0.3) is 0 Å². The highest BCUT2D eigenvalue weighted by atomic mass is 16.5. The lowest BCUT2D eigenvalue weighted by atomic mass is 10.1. The van der Waals surface area contributed by atoms with E-state index in [-0.39, 0.29) is 11.5 Å². The molecule has 0 spiro atoms. The zero-order valence-corrected chi connectivity index (χ0v) is 15.1. The summed E-state index contributed by atoms with van der Waals surface area (Å²) in [5.41, 5.74) is 8.48. The van der Waals surface area contributed by atoms with Crippen LogP contribution in [0.3, 0.4) is 0 Å². The Morgan fingerprint density at radius 2 is 1.72 bits per heavy atom. The molecule has 0 aliphatic carbocycles. The number of nitrogens with two attached hydrogens (primary N) is 1. The third-order valence-electron chi connectivity index (χ3n) is 3.78. The Morgan fingerprint density at radius 3 is 2.28 bits per heavy atom. The first kappa shape index (κ1) is 20.5. The average Bonchev–Trinajstić information content (AvgIpc) is 2.61. The van der Waals surface area contributed by atoms with Gasteiger partial charge in [0.15, 0.2) is 5.84 Å². The highest BCUT2D eigenvalue weighted by Crippen LogP contribution is 2.16. The quantitative estimate of drug-likeness (QED) is 0.213. The Balaban J connectivity index is 2.20. The Labute approximate surface area is 150 Å². The summed E-state index contributed by atoms with van der Waals surface area (Å²) in [6.07, 6.45) is 10.3. The van der Waals surface area contributed by atoms with Crippen molar-refractivity contribution in [2.75, 3.05) is 12.0 Å². The molecular formula is C19H29N5O. The molecule has 0 saturated carbocycles. The van der Waals surface area contributed by atoms with Crippen LogP contribution >= 0.6 is 0 Å². The summed E-state index contributed by atoms with van der Waals surface area (Å²) in [5, 5.41) is 19.7. The first-order valence-corrected chi connectivity index (χ1v) is 8.98. The number of hydrogen-bond acceptors (Lipinski definition) is 5. The van der Waals surface area contributed by atoms with E-state index < -0.39 is 0 Å². The fourth-order valence-electron chi connectivity index (χ4n) is 2.32. The SMILES string of the molecule is CCCCCCCCCCOc1ccc(N/N=C(\C#N)C(=N)N)cc1. The molecule has 0 radical (unpaired) electrons. The van der Waals surface area contributed by atoms with Crippen molar-refractivity contribution < 1.29 is 4.74 Å². The van der Waals surface area contributed by atoms with Gasteiger partial charge in [-0.25, -0.2) is 0 Å². The van der Waals surface area contributed by atoms with Gasteiger partial charge in [-0.05, 0) is 30.7 Å². The summed E-state index contributed by atoms with van der Waals surface area (Å²) in [6.45, 7) is 2.96. The van der Waals surface area contributed by atoms with Gasteiger partial charge in [-0.2, -0.15) is 10.4 Å². The molecule has 1 aromatic carbocycles. The summed E-state index contributed by atoms with van der Waals surface area (Å²) >= 11 is 0. The van der Waals surface area contributed by atoms with Crippen LogP contribution in [0.25, 0.3) is 0 Å². The average molecular weight is 343 g/mol. The maximum atomic E-state index is 8.77. The number of ether oxygens (including phenoxy) is 1. The molecule has 0 aliphatic rings. The van der Waals surface area contributed by atoms with Crippen molar-refractivity contribution in [2.45, 2.75) is 58.3 Å². The molecule has 6 nitrogen and oxygen atoms in total. The number of rotatable bonds is 13. The monoisotopic (exact) mass is 343 g/mol. The van der Waals surface area contributed by atoms with Gasteiger partial charge in [-0.1, -0.05) is 51.9 Å². The van der Waals surface area contributed by atoms with Crippen LogP contribution in [0.1, 0.15) is 58.3 Å². The summed E-state index contributed by atoms with van der Waals surface area (Å²) < 4.78 is 5.72. The number of amidine groups is 1. The van der Waals surface area contributed by atoms with Crippen LogP contribution in [0, 0.1) is 16.7 Å². The number of unbranched alkanes of at least 4 members (excludes halogenated alkanes) is 7. The van der Waals surface area contributed by atoms with Crippen molar-refractivity contribution in [2.24, 2.45) is 10.8 Å². The van der Waals surface area contributed by atoms with E-state index in [9.17, 15) is 0 Å². The third kappa shape index (κ3) is 9.36. The minimum atomic E-state index is -0.361. The summed E-state index contributed by atoms with van der Waals surface area (Å²) in [7, 11) is 0. The number of nitriles is 1. The van der Waals surface area contributed by atoms with E-state index in [4.69, 9.17) is 21.1 Å². The van der Waals surface area contributed by atoms with E-state index in [1.165, 1.54) is 44.9 Å².